The zero-order valence-corrected chi connectivity index (χ0v) is 18.6. The third-order valence-corrected chi connectivity index (χ3v) is 5.46. The Morgan fingerprint density at radius 3 is 2.84 bits per heavy atom. The van der Waals surface area contributed by atoms with E-state index in [0.717, 1.165) is 18.4 Å². The molecule has 2 rings (SSSR count). The van der Waals surface area contributed by atoms with Crippen LogP contribution < -0.4 is 10.6 Å². The highest BCUT2D eigenvalue weighted by molar-refractivity contribution is 14.0. The number of carbonyl (C=O) groups excluding carboxylic acids is 1. The van der Waals surface area contributed by atoms with Crippen LogP contribution in [0.4, 0.5) is 0 Å². The topological polar surface area (TPSA) is 56.7 Å². The van der Waals surface area contributed by atoms with Gasteiger partial charge in [0, 0.05) is 25.0 Å². The van der Waals surface area contributed by atoms with Crippen molar-refractivity contribution >= 4 is 47.2 Å². The first-order valence-corrected chi connectivity index (χ1v) is 9.73. The van der Waals surface area contributed by atoms with E-state index in [0.29, 0.717) is 6.04 Å². The smallest absolute Gasteiger partial charge is 0.243 e. The highest BCUT2D eigenvalue weighted by Crippen LogP contribution is 2.26. The van der Waals surface area contributed by atoms with Crippen molar-refractivity contribution in [1.82, 2.24) is 15.5 Å². The number of nitrogens with one attached hydrogen (secondary N) is 2. The molecule has 1 saturated carbocycles. The lowest BCUT2D eigenvalue weighted by Gasteiger charge is -2.30. The standard InChI is InChI=1S/C18H30N4OS.HI/c1-4-14-7-5-8-15(11-14)21-18(20-13-17(23)22(2)3)19-12-16-9-6-10-24-16;/h6,9-10,14-15H,4-5,7-8,11-13H2,1-3H3,(H2,19,20,21);1H. The lowest BCUT2D eigenvalue weighted by Crippen LogP contribution is -2.45. The minimum Gasteiger partial charge on any atom is -0.354 e. The number of rotatable bonds is 6. The Morgan fingerprint density at radius 1 is 1.40 bits per heavy atom. The first-order valence-electron chi connectivity index (χ1n) is 8.85. The number of amides is 1. The van der Waals surface area contributed by atoms with Crippen molar-refractivity contribution in [1.29, 1.82) is 0 Å². The van der Waals surface area contributed by atoms with E-state index in [2.05, 4.69) is 40.1 Å². The Bertz CT molecular complexity index is 533. The molecule has 1 fully saturated rings. The van der Waals surface area contributed by atoms with Crippen molar-refractivity contribution in [3.05, 3.63) is 22.4 Å². The Hall–Kier alpha value is -0.830. The van der Waals surface area contributed by atoms with Gasteiger partial charge in [-0.3, -0.25) is 4.79 Å². The van der Waals surface area contributed by atoms with E-state index in [4.69, 9.17) is 0 Å². The minimum absolute atomic E-state index is 0. The maximum Gasteiger partial charge on any atom is 0.243 e. The number of hydrogen-bond donors (Lipinski definition) is 2. The number of carbonyl (C=O) groups is 1. The van der Waals surface area contributed by atoms with Crippen LogP contribution in [0.1, 0.15) is 43.9 Å². The third kappa shape index (κ3) is 7.94. The van der Waals surface area contributed by atoms with E-state index in [9.17, 15) is 4.79 Å². The van der Waals surface area contributed by atoms with Crippen LogP contribution in [0.15, 0.2) is 22.5 Å². The monoisotopic (exact) mass is 478 g/mol. The van der Waals surface area contributed by atoms with Gasteiger partial charge in [0.1, 0.15) is 6.54 Å². The Morgan fingerprint density at radius 2 is 2.20 bits per heavy atom. The van der Waals surface area contributed by atoms with Gasteiger partial charge in [-0.05, 0) is 30.2 Å². The summed E-state index contributed by atoms with van der Waals surface area (Å²) >= 11 is 1.72. The average Bonchev–Trinajstić information content (AvgIpc) is 3.10. The summed E-state index contributed by atoms with van der Waals surface area (Å²) < 4.78 is 0. The first-order chi connectivity index (χ1) is 11.6. The number of nitrogens with zero attached hydrogens (tertiary/aromatic N) is 2. The maximum absolute atomic E-state index is 11.8. The Balaban J connectivity index is 0.00000312. The van der Waals surface area contributed by atoms with Crippen LogP contribution in [0.2, 0.25) is 0 Å². The Kier molecular flexibility index (Phi) is 10.4. The molecule has 0 spiro atoms. The Labute approximate surface area is 172 Å². The van der Waals surface area contributed by atoms with Crippen molar-refractivity contribution in [2.24, 2.45) is 10.9 Å². The molecular formula is C18H31IN4OS. The molecule has 1 aliphatic rings. The fourth-order valence-corrected chi connectivity index (χ4v) is 3.66. The molecule has 7 heteroatoms. The van der Waals surface area contributed by atoms with Crippen molar-refractivity contribution in [2.45, 2.75) is 51.6 Å². The SMILES string of the molecule is CCC1CCCC(NC(=NCC(=O)N(C)C)NCc2cccs2)C1.I. The van der Waals surface area contributed by atoms with Crippen molar-refractivity contribution in [2.75, 3.05) is 20.6 Å². The summed E-state index contributed by atoms with van der Waals surface area (Å²) in [5, 5.41) is 9.00. The number of hydrogen-bond acceptors (Lipinski definition) is 3. The molecule has 0 bridgehead atoms. The maximum atomic E-state index is 11.8. The second-order valence-electron chi connectivity index (χ2n) is 6.67. The van der Waals surface area contributed by atoms with Crippen LogP contribution in [-0.4, -0.2) is 43.4 Å². The van der Waals surface area contributed by atoms with Gasteiger partial charge in [0.05, 0.1) is 6.54 Å². The van der Waals surface area contributed by atoms with Gasteiger partial charge in [-0.25, -0.2) is 4.99 Å². The zero-order valence-electron chi connectivity index (χ0n) is 15.5. The van der Waals surface area contributed by atoms with Crippen molar-refractivity contribution in [3.8, 4) is 0 Å². The molecule has 0 saturated heterocycles. The van der Waals surface area contributed by atoms with Gasteiger partial charge < -0.3 is 15.5 Å². The van der Waals surface area contributed by atoms with Gasteiger partial charge in [-0.2, -0.15) is 0 Å². The van der Waals surface area contributed by atoms with Crippen LogP contribution in [0, 0.1) is 5.92 Å². The van der Waals surface area contributed by atoms with Crippen molar-refractivity contribution < 1.29 is 4.79 Å². The molecule has 2 unspecified atom stereocenters. The van der Waals surface area contributed by atoms with Crippen LogP contribution >= 0.6 is 35.3 Å². The molecule has 0 radical (unpaired) electrons. The fourth-order valence-electron chi connectivity index (χ4n) is 3.01. The largest absolute Gasteiger partial charge is 0.354 e. The van der Waals surface area contributed by atoms with E-state index in [1.165, 1.54) is 37.0 Å². The average molecular weight is 478 g/mol. The summed E-state index contributed by atoms with van der Waals surface area (Å²) in [4.78, 5) is 19.2. The molecule has 5 nitrogen and oxygen atoms in total. The van der Waals surface area contributed by atoms with Crippen LogP contribution in [-0.2, 0) is 11.3 Å². The van der Waals surface area contributed by atoms with Gasteiger partial charge >= 0.3 is 0 Å². The van der Waals surface area contributed by atoms with Crippen molar-refractivity contribution in [3.63, 3.8) is 0 Å². The molecule has 1 aromatic heterocycles. The minimum atomic E-state index is 0. The molecule has 2 N–H and O–H groups in total. The summed E-state index contributed by atoms with van der Waals surface area (Å²) in [6, 6.07) is 4.61. The van der Waals surface area contributed by atoms with Gasteiger partial charge in [-0.1, -0.05) is 32.3 Å². The van der Waals surface area contributed by atoms with E-state index < -0.39 is 0 Å². The number of halogens is 1. The van der Waals surface area contributed by atoms with E-state index in [1.807, 2.05) is 0 Å². The summed E-state index contributed by atoms with van der Waals surface area (Å²) in [7, 11) is 3.52. The summed E-state index contributed by atoms with van der Waals surface area (Å²) in [5.74, 6) is 1.57. The normalized spacial score (nSPS) is 20.5. The molecule has 0 aromatic carbocycles. The second-order valence-corrected chi connectivity index (χ2v) is 7.70. The predicted molar refractivity (Wildman–Crippen MR) is 117 cm³/mol. The number of likely N-dealkylation sites (N-methyl/N-ethyl adjacent to an activating group) is 1. The molecule has 142 valence electrons. The zero-order chi connectivity index (χ0) is 17.4. The second kappa shape index (κ2) is 11.7. The molecule has 1 aromatic rings. The first kappa shape index (κ1) is 22.2. The van der Waals surface area contributed by atoms with Crippen LogP contribution in [0.25, 0.3) is 0 Å². The lowest BCUT2D eigenvalue weighted by atomic mass is 9.84. The van der Waals surface area contributed by atoms with Gasteiger partial charge in [0.2, 0.25) is 5.91 Å². The third-order valence-electron chi connectivity index (χ3n) is 4.58. The fraction of sp³-hybridized carbons (Fsp3) is 0.667. The van der Waals surface area contributed by atoms with Gasteiger partial charge in [0.15, 0.2) is 5.96 Å². The summed E-state index contributed by atoms with van der Waals surface area (Å²) in [5.41, 5.74) is 0. The number of aliphatic imine (C=N–C) groups is 1. The molecule has 1 amide bonds. The molecule has 0 aliphatic heterocycles. The molecule has 1 aliphatic carbocycles. The lowest BCUT2D eigenvalue weighted by molar-refractivity contribution is -0.127. The molecule has 2 atom stereocenters. The van der Waals surface area contributed by atoms with Gasteiger partial charge in [0.25, 0.3) is 0 Å². The van der Waals surface area contributed by atoms with E-state index >= 15 is 0 Å². The van der Waals surface area contributed by atoms with Crippen LogP contribution in [0.5, 0.6) is 0 Å². The van der Waals surface area contributed by atoms with E-state index in [1.54, 1.807) is 30.3 Å². The molecule has 25 heavy (non-hydrogen) atoms. The molecular weight excluding hydrogens is 447 g/mol. The number of thiophene rings is 1. The highest BCUT2D eigenvalue weighted by Gasteiger charge is 2.21. The summed E-state index contributed by atoms with van der Waals surface area (Å²) in [6.45, 7) is 3.19. The van der Waals surface area contributed by atoms with Gasteiger partial charge in [-0.15, -0.1) is 35.3 Å². The predicted octanol–water partition coefficient (Wildman–Crippen LogP) is 3.46. The van der Waals surface area contributed by atoms with Crippen LogP contribution in [0.3, 0.4) is 0 Å². The highest BCUT2D eigenvalue weighted by atomic mass is 127. The molecule has 1 heterocycles. The summed E-state index contributed by atoms with van der Waals surface area (Å²) in [6.07, 6.45) is 6.22. The quantitative estimate of drug-likeness (QED) is 0.374. The van der Waals surface area contributed by atoms with E-state index in [-0.39, 0.29) is 36.4 Å². The number of guanidine groups is 1.